The van der Waals surface area contributed by atoms with Crippen molar-refractivity contribution in [3.8, 4) is 22.3 Å². The van der Waals surface area contributed by atoms with Gasteiger partial charge in [-0.2, -0.15) is 0 Å². The van der Waals surface area contributed by atoms with E-state index in [1.165, 1.54) is 78.1 Å². The van der Waals surface area contributed by atoms with Gasteiger partial charge in [0.05, 0.1) is 11.4 Å². The van der Waals surface area contributed by atoms with Gasteiger partial charge >= 0.3 is 0 Å². The van der Waals surface area contributed by atoms with Gasteiger partial charge in [-0.3, -0.25) is 9.88 Å². The molecule has 0 saturated carbocycles. The Bertz CT molecular complexity index is 1750. The zero-order valence-electron chi connectivity index (χ0n) is 19.2. The highest BCUT2D eigenvalue weighted by molar-refractivity contribution is 5.99. The van der Waals surface area contributed by atoms with E-state index in [4.69, 9.17) is 4.98 Å². The fourth-order valence-corrected chi connectivity index (χ4v) is 7.05. The van der Waals surface area contributed by atoms with Gasteiger partial charge in [0.15, 0.2) is 0 Å². The van der Waals surface area contributed by atoms with Crippen LogP contribution in [-0.4, -0.2) is 9.97 Å². The van der Waals surface area contributed by atoms with Crippen molar-refractivity contribution in [2.24, 2.45) is 0 Å². The van der Waals surface area contributed by atoms with Crippen LogP contribution in [0.1, 0.15) is 44.5 Å². The normalized spacial score (nSPS) is 14.9. The average Bonchev–Trinajstić information content (AvgIpc) is 3.46. The molecule has 3 aromatic carbocycles. The second-order valence-corrected chi connectivity index (χ2v) is 10.2. The summed E-state index contributed by atoms with van der Waals surface area (Å²) in [6.45, 7) is 0. The minimum Gasteiger partial charge on any atom is -0.294 e. The summed E-state index contributed by atoms with van der Waals surface area (Å²) < 4.78 is 0. The second kappa shape index (κ2) is 6.25. The Balaban J connectivity index is 1.35. The maximum Gasteiger partial charge on any atom is 0.141 e. The van der Waals surface area contributed by atoms with Crippen LogP contribution in [0, 0.1) is 0 Å². The van der Waals surface area contributed by atoms with E-state index in [2.05, 4.69) is 70.5 Å². The van der Waals surface area contributed by atoms with Crippen LogP contribution in [0.5, 0.6) is 0 Å². The van der Waals surface area contributed by atoms with E-state index in [9.17, 15) is 0 Å². The van der Waals surface area contributed by atoms with E-state index in [0.29, 0.717) is 0 Å². The summed E-state index contributed by atoms with van der Waals surface area (Å²) >= 11 is 0. The van der Waals surface area contributed by atoms with Gasteiger partial charge in [-0.15, -0.1) is 0 Å². The molecule has 2 aliphatic carbocycles. The van der Waals surface area contributed by atoms with Crippen molar-refractivity contribution < 1.29 is 0 Å². The van der Waals surface area contributed by atoms with E-state index in [1.807, 2.05) is 18.6 Å². The molecule has 2 aliphatic heterocycles. The fourth-order valence-electron chi connectivity index (χ4n) is 7.05. The highest BCUT2D eigenvalue weighted by atomic mass is 15.2. The van der Waals surface area contributed by atoms with Gasteiger partial charge in [-0.25, -0.2) is 4.98 Å². The minimum atomic E-state index is 0.915. The van der Waals surface area contributed by atoms with Gasteiger partial charge in [0.2, 0.25) is 0 Å². The third-order valence-corrected chi connectivity index (χ3v) is 8.45. The highest BCUT2D eigenvalue weighted by Crippen LogP contribution is 2.56. The van der Waals surface area contributed by atoms with E-state index in [-0.39, 0.29) is 0 Å². The third kappa shape index (κ3) is 2.21. The Labute approximate surface area is 203 Å². The molecule has 4 aliphatic rings. The molecule has 5 aromatic rings. The number of nitrogens with zero attached hydrogens (tertiary/aromatic N) is 3. The van der Waals surface area contributed by atoms with Crippen LogP contribution in [0.3, 0.4) is 0 Å². The van der Waals surface area contributed by atoms with Crippen molar-refractivity contribution in [2.45, 2.75) is 25.7 Å². The van der Waals surface area contributed by atoms with Gasteiger partial charge in [0, 0.05) is 31.4 Å². The van der Waals surface area contributed by atoms with Crippen LogP contribution in [-0.2, 0) is 25.7 Å². The van der Waals surface area contributed by atoms with Gasteiger partial charge in [-0.1, -0.05) is 42.5 Å². The third-order valence-electron chi connectivity index (χ3n) is 8.45. The quantitative estimate of drug-likeness (QED) is 0.253. The van der Waals surface area contributed by atoms with Crippen molar-refractivity contribution in [3.05, 3.63) is 124 Å². The lowest BCUT2D eigenvalue weighted by molar-refractivity contribution is 0.961. The van der Waals surface area contributed by atoms with Crippen molar-refractivity contribution >= 4 is 17.2 Å². The summed E-state index contributed by atoms with van der Waals surface area (Å²) in [5.41, 5.74) is 19.7. The lowest BCUT2D eigenvalue weighted by Gasteiger charge is -2.39. The van der Waals surface area contributed by atoms with Crippen molar-refractivity contribution in [3.63, 3.8) is 0 Å². The first-order valence-corrected chi connectivity index (χ1v) is 12.4. The van der Waals surface area contributed by atoms with Crippen LogP contribution < -0.4 is 4.90 Å². The monoisotopic (exact) mass is 447 g/mol. The topological polar surface area (TPSA) is 29.0 Å². The number of benzene rings is 3. The van der Waals surface area contributed by atoms with Crippen molar-refractivity contribution in [2.75, 3.05) is 4.90 Å². The van der Waals surface area contributed by atoms with Crippen LogP contribution in [0.4, 0.5) is 17.2 Å². The van der Waals surface area contributed by atoms with Gasteiger partial charge < -0.3 is 0 Å². The fraction of sp³-hybridized carbons (Fsp3) is 0.125. The molecule has 3 nitrogen and oxygen atoms in total. The standard InChI is InChI=1S/C32H21N3/c1-2-6-24-18(4-1)12-19-7-8-20-14-25-26(30(20)29(19)24)16-22-13-23-17-33-11-9-28(23)35-31(22)27(25)15-21-5-3-10-34-32(21)35/h1-11,16-17H,12-15H2. The van der Waals surface area contributed by atoms with Crippen LogP contribution in [0.15, 0.2) is 79.3 Å². The summed E-state index contributed by atoms with van der Waals surface area (Å²) in [4.78, 5) is 11.7. The van der Waals surface area contributed by atoms with Crippen LogP contribution >= 0.6 is 0 Å². The maximum atomic E-state index is 4.86. The molecule has 0 atom stereocenters. The Hall–Kier alpha value is -4.24. The smallest absolute Gasteiger partial charge is 0.141 e. The van der Waals surface area contributed by atoms with Gasteiger partial charge in [-0.05, 0) is 97.8 Å². The molecule has 0 amide bonds. The molecule has 4 heterocycles. The van der Waals surface area contributed by atoms with E-state index < -0.39 is 0 Å². The summed E-state index contributed by atoms with van der Waals surface area (Å²) in [6.07, 6.45) is 9.77. The zero-order chi connectivity index (χ0) is 22.7. The number of anilines is 3. The molecule has 3 heteroatoms. The SMILES string of the molecule is c1ccc2c(c1)Cc1ccc3c(c1-2)-c1cc2c4c(c1C3)Cc1cccnc1N4c1ccncc1C2. The Kier molecular flexibility index (Phi) is 3.24. The highest BCUT2D eigenvalue weighted by Gasteiger charge is 2.38. The molecular weight excluding hydrogens is 426 g/mol. The number of fused-ring (bicyclic) bond motifs is 12. The predicted molar refractivity (Wildman–Crippen MR) is 139 cm³/mol. The zero-order valence-corrected chi connectivity index (χ0v) is 19.2. The van der Waals surface area contributed by atoms with E-state index in [1.54, 1.807) is 0 Å². The van der Waals surface area contributed by atoms with E-state index in [0.717, 1.165) is 31.5 Å². The minimum absolute atomic E-state index is 0.915. The van der Waals surface area contributed by atoms with Gasteiger partial charge in [0.25, 0.3) is 0 Å². The molecule has 0 unspecified atom stereocenters. The molecule has 0 saturated heterocycles. The molecule has 164 valence electrons. The van der Waals surface area contributed by atoms with Gasteiger partial charge in [0.1, 0.15) is 5.82 Å². The molecule has 35 heavy (non-hydrogen) atoms. The van der Waals surface area contributed by atoms with E-state index >= 15 is 0 Å². The largest absolute Gasteiger partial charge is 0.294 e. The molecule has 0 fully saturated rings. The molecule has 0 radical (unpaired) electrons. The summed E-state index contributed by atoms with van der Waals surface area (Å²) in [6, 6.07) is 22.7. The number of hydrogen-bond acceptors (Lipinski definition) is 3. The Morgan fingerprint density at radius 1 is 0.600 bits per heavy atom. The first kappa shape index (κ1) is 18.1. The summed E-state index contributed by atoms with van der Waals surface area (Å²) in [5, 5.41) is 0. The van der Waals surface area contributed by atoms with Crippen LogP contribution in [0.2, 0.25) is 0 Å². The molecule has 2 aromatic heterocycles. The Morgan fingerprint density at radius 3 is 2.37 bits per heavy atom. The molecule has 0 bridgehead atoms. The lowest BCUT2D eigenvalue weighted by atomic mass is 9.83. The first-order valence-electron chi connectivity index (χ1n) is 12.4. The van der Waals surface area contributed by atoms with Crippen molar-refractivity contribution in [1.29, 1.82) is 0 Å². The number of rotatable bonds is 0. The summed E-state index contributed by atoms with van der Waals surface area (Å²) in [5.74, 6) is 1.07. The Morgan fingerprint density at radius 2 is 1.40 bits per heavy atom. The maximum absolute atomic E-state index is 4.86. The number of pyridine rings is 2. The first-order chi connectivity index (χ1) is 17.3. The number of aromatic nitrogens is 2. The summed E-state index contributed by atoms with van der Waals surface area (Å²) in [7, 11) is 0. The van der Waals surface area contributed by atoms with Crippen molar-refractivity contribution in [1.82, 2.24) is 9.97 Å². The molecule has 9 rings (SSSR count). The lowest BCUT2D eigenvalue weighted by Crippen LogP contribution is -2.26. The average molecular weight is 448 g/mol. The predicted octanol–water partition coefficient (Wildman–Crippen LogP) is 6.90. The second-order valence-electron chi connectivity index (χ2n) is 10.2. The van der Waals surface area contributed by atoms with Crippen LogP contribution in [0.25, 0.3) is 22.3 Å². The number of hydrogen-bond donors (Lipinski definition) is 0. The molecular formula is C32H21N3. The molecule has 0 N–H and O–H groups in total. The molecule has 0 spiro atoms.